The van der Waals surface area contributed by atoms with E-state index < -0.39 is 18.0 Å². The zero-order valence-corrected chi connectivity index (χ0v) is 21.4. The van der Waals surface area contributed by atoms with Crippen LogP contribution in [0.2, 0.25) is 0 Å². The Labute approximate surface area is 216 Å². The Balaban J connectivity index is 2.50. The van der Waals surface area contributed by atoms with Gasteiger partial charge in [-0.25, -0.2) is 0 Å². The van der Waals surface area contributed by atoms with Crippen molar-refractivity contribution in [2.24, 2.45) is 5.73 Å². The maximum Gasteiger partial charge on any atom is 0.242 e. The van der Waals surface area contributed by atoms with Crippen molar-refractivity contribution in [1.29, 1.82) is 0 Å². The van der Waals surface area contributed by atoms with Crippen LogP contribution in [0.3, 0.4) is 0 Å². The van der Waals surface area contributed by atoms with Gasteiger partial charge in [0.25, 0.3) is 0 Å². The van der Waals surface area contributed by atoms with Gasteiger partial charge in [-0.05, 0) is 37.0 Å². The fourth-order valence-corrected chi connectivity index (χ4v) is 3.54. The summed E-state index contributed by atoms with van der Waals surface area (Å²) < 4.78 is 0. The molecule has 1 unspecified atom stereocenters. The molecule has 200 valence electrons. The van der Waals surface area contributed by atoms with E-state index in [1.54, 1.807) is 12.1 Å². The van der Waals surface area contributed by atoms with Crippen LogP contribution >= 0.6 is 12.6 Å². The molecule has 0 radical (unpaired) electrons. The number of hydrogen-bond donors (Lipinski definition) is 7. The smallest absolute Gasteiger partial charge is 0.242 e. The SMILES string of the molecule is CNC(=O)CCCC(=O)N[C@@H](Cc1ccc(O)cc1)C(=O)NCCCCCC(=O)NC(CS)C(N)=O. The van der Waals surface area contributed by atoms with Crippen molar-refractivity contribution in [2.45, 2.75) is 63.5 Å². The summed E-state index contributed by atoms with van der Waals surface area (Å²) in [6, 6.07) is 4.75. The molecular weight excluding hydrogens is 486 g/mol. The summed E-state index contributed by atoms with van der Waals surface area (Å²) in [7, 11) is 1.53. The summed E-state index contributed by atoms with van der Waals surface area (Å²) in [6.07, 6.45) is 3.01. The molecule has 7 N–H and O–H groups in total. The highest BCUT2D eigenvalue weighted by atomic mass is 32.1. The first kappa shape index (κ1) is 30.8. The number of amides is 5. The predicted octanol–water partition coefficient (Wildman–Crippen LogP) is -0.0877. The molecule has 0 aliphatic carbocycles. The van der Waals surface area contributed by atoms with Gasteiger partial charge in [0, 0.05) is 45.0 Å². The number of nitrogens with one attached hydrogen (secondary N) is 4. The maximum absolute atomic E-state index is 12.8. The maximum atomic E-state index is 12.8. The highest BCUT2D eigenvalue weighted by Gasteiger charge is 2.21. The average Bonchev–Trinajstić information content (AvgIpc) is 2.84. The molecule has 0 fully saturated rings. The van der Waals surface area contributed by atoms with Crippen LogP contribution in [0.15, 0.2) is 24.3 Å². The number of carbonyl (C=O) groups is 5. The number of thiol groups is 1. The lowest BCUT2D eigenvalue weighted by Crippen LogP contribution is -2.48. The summed E-state index contributed by atoms with van der Waals surface area (Å²) in [5.74, 6) is -1.54. The van der Waals surface area contributed by atoms with E-state index in [4.69, 9.17) is 5.73 Å². The Morgan fingerprint density at radius 3 is 2.03 bits per heavy atom. The van der Waals surface area contributed by atoms with Crippen molar-refractivity contribution in [3.05, 3.63) is 29.8 Å². The average molecular weight is 524 g/mol. The molecule has 2 atom stereocenters. The molecule has 5 amide bonds. The van der Waals surface area contributed by atoms with Gasteiger partial charge in [-0.3, -0.25) is 24.0 Å². The second-order valence-corrected chi connectivity index (χ2v) is 8.69. The minimum absolute atomic E-state index is 0.0995. The number of hydrogen-bond acceptors (Lipinski definition) is 7. The van der Waals surface area contributed by atoms with Crippen LogP contribution in [-0.4, -0.2) is 66.1 Å². The van der Waals surface area contributed by atoms with Gasteiger partial charge in [0.2, 0.25) is 29.5 Å². The van der Waals surface area contributed by atoms with Gasteiger partial charge in [0.05, 0.1) is 0 Å². The summed E-state index contributed by atoms with van der Waals surface area (Å²) in [5, 5.41) is 20.0. The summed E-state index contributed by atoms with van der Waals surface area (Å²) in [5.41, 5.74) is 5.94. The fraction of sp³-hybridized carbons (Fsp3) is 0.542. The van der Waals surface area contributed by atoms with Crippen molar-refractivity contribution < 1.29 is 29.1 Å². The lowest BCUT2D eigenvalue weighted by atomic mass is 10.0. The topological polar surface area (TPSA) is 180 Å². The predicted molar refractivity (Wildman–Crippen MR) is 138 cm³/mol. The molecule has 0 aliphatic rings. The van der Waals surface area contributed by atoms with Gasteiger partial charge < -0.3 is 32.1 Å². The highest BCUT2D eigenvalue weighted by molar-refractivity contribution is 7.80. The largest absolute Gasteiger partial charge is 0.508 e. The van der Waals surface area contributed by atoms with E-state index in [-0.39, 0.29) is 60.8 Å². The molecule has 1 aromatic rings. The van der Waals surface area contributed by atoms with Gasteiger partial charge in [-0.2, -0.15) is 12.6 Å². The van der Waals surface area contributed by atoms with Crippen molar-refractivity contribution in [3.8, 4) is 5.75 Å². The van der Waals surface area contributed by atoms with Gasteiger partial charge >= 0.3 is 0 Å². The van der Waals surface area contributed by atoms with E-state index in [1.165, 1.54) is 19.2 Å². The number of nitrogens with two attached hydrogens (primary N) is 1. The standard InChI is InChI=1S/C24H37N5O6S/c1-26-20(31)7-5-8-22(33)28-18(14-16-9-11-17(30)12-10-16)24(35)27-13-4-2-3-6-21(32)29-19(15-36)23(25)34/h9-12,18-19,30,36H,2-8,13-15H2,1H3,(H2,25,34)(H,26,31)(H,27,35)(H,28,33)(H,29,32)/t18-,19?/m0/s1. The fourth-order valence-electron chi connectivity index (χ4n) is 3.27. The molecule has 0 bridgehead atoms. The number of unbranched alkanes of at least 4 members (excludes halogenated alkanes) is 2. The van der Waals surface area contributed by atoms with Gasteiger partial charge in [0.1, 0.15) is 17.8 Å². The van der Waals surface area contributed by atoms with Crippen LogP contribution in [0.25, 0.3) is 0 Å². The molecular formula is C24H37N5O6S. The quantitative estimate of drug-likeness (QED) is 0.111. The van der Waals surface area contributed by atoms with E-state index in [1.807, 2.05) is 0 Å². The minimum Gasteiger partial charge on any atom is -0.508 e. The third-order valence-electron chi connectivity index (χ3n) is 5.36. The zero-order chi connectivity index (χ0) is 26.9. The van der Waals surface area contributed by atoms with Gasteiger partial charge in [-0.1, -0.05) is 18.6 Å². The van der Waals surface area contributed by atoms with E-state index in [0.717, 1.165) is 5.56 Å². The number of phenols is 1. The highest BCUT2D eigenvalue weighted by Crippen LogP contribution is 2.12. The van der Waals surface area contributed by atoms with Gasteiger partial charge in [0.15, 0.2) is 0 Å². The number of rotatable bonds is 17. The molecule has 0 saturated carbocycles. The first-order chi connectivity index (χ1) is 17.2. The Morgan fingerprint density at radius 2 is 1.44 bits per heavy atom. The number of benzene rings is 1. The molecule has 0 aliphatic heterocycles. The van der Waals surface area contributed by atoms with Crippen LogP contribution in [0, 0.1) is 0 Å². The monoisotopic (exact) mass is 523 g/mol. The Hall–Kier alpha value is -3.28. The van der Waals surface area contributed by atoms with E-state index in [2.05, 4.69) is 33.9 Å². The Kier molecular flexibility index (Phi) is 14.7. The summed E-state index contributed by atoms with van der Waals surface area (Å²) in [4.78, 5) is 59.5. The number of aromatic hydroxyl groups is 1. The lowest BCUT2D eigenvalue weighted by molar-refractivity contribution is -0.129. The van der Waals surface area contributed by atoms with E-state index >= 15 is 0 Å². The molecule has 1 aromatic carbocycles. The van der Waals surface area contributed by atoms with Crippen LogP contribution in [0.5, 0.6) is 5.75 Å². The van der Waals surface area contributed by atoms with Crippen LogP contribution in [0.1, 0.15) is 50.5 Å². The molecule has 1 rings (SSSR count). The first-order valence-corrected chi connectivity index (χ1v) is 12.5. The molecule has 0 spiro atoms. The zero-order valence-electron chi connectivity index (χ0n) is 20.5. The molecule has 0 heterocycles. The van der Waals surface area contributed by atoms with Crippen molar-refractivity contribution >= 4 is 42.2 Å². The molecule has 36 heavy (non-hydrogen) atoms. The second-order valence-electron chi connectivity index (χ2n) is 8.32. The number of carbonyl (C=O) groups excluding carboxylic acids is 5. The summed E-state index contributed by atoms with van der Waals surface area (Å²) in [6.45, 7) is 0.361. The molecule has 0 aromatic heterocycles. The minimum atomic E-state index is -0.820. The third-order valence-corrected chi connectivity index (χ3v) is 5.72. The summed E-state index contributed by atoms with van der Waals surface area (Å²) >= 11 is 3.98. The normalized spacial score (nSPS) is 12.2. The molecule has 0 saturated heterocycles. The van der Waals surface area contributed by atoms with Crippen LogP contribution < -0.4 is 27.0 Å². The molecule has 11 nitrogen and oxygen atoms in total. The van der Waals surface area contributed by atoms with E-state index in [9.17, 15) is 29.1 Å². The third kappa shape index (κ3) is 13.0. The van der Waals surface area contributed by atoms with Crippen LogP contribution in [0.4, 0.5) is 0 Å². The Morgan fingerprint density at radius 1 is 0.861 bits per heavy atom. The van der Waals surface area contributed by atoms with Crippen molar-refractivity contribution in [1.82, 2.24) is 21.3 Å². The lowest BCUT2D eigenvalue weighted by Gasteiger charge is -2.19. The van der Waals surface area contributed by atoms with Crippen molar-refractivity contribution in [3.63, 3.8) is 0 Å². The van der Waals surface area contributed by atoms with Crippen LogP contribution in [-0.2, 0) is 30.4 Å². The second kappa shape index (κ2) is 17.2. The first-order valence-electron chi connectivity index (χ1n) is 11.9. The molecule has 12 heteroatoms. The number of phenolic OH excluding ortho intramolecular Hbond substituents is 1. The number of primary amides is 1. The van der Waals surface area contributed by atoms with E-state index in [0.29, 0.717) is 32.2 Å². The Bertz CT molecular complexity index is 880. The van der Waals surface area contributed by atoms with Crippen molar-refractivity contribution in [2.75, 3.05) is 19.3 Å². The van der Waals surface area contributed by atoms with Gasteiger partial charge in [-0.15, -0.1) is 0 Å².